The second-order valence-corrected chi connectivity index (χ2v) is 12.0. The number of phenols is 1. The Hall–Kier alpha value is -3.56. The van der Waals surface area contributed by atoms with E-state index in [9.17, 15) is 14.7 Å². The molecule has 2 aliphatic carbocycles. The summed E-state index contributed by atoms with van der Waals surface area (Å²) < 4.78 is 11.7. The van der Waals surface area contributed by atoms with E-state index in [1.165, 1.54) is 18.4 Å². The van der Waals surface area contributed by atoms with E-state index in [1.54, 1.807) is 6.07 Å². The molecule has 1 fully saturated rings. The molecule has 0 saturated heterocycles. The van der Waals surface area contributed by atoms with Gasteiger partial charge in [0.2, 0.25) is 17.7 Å². The number of aromatic hydroxyl groups is 1. The molecule has 9 nitrogen and oxygen atoms in total. The van der Waals surface area contributed by atoms with Crippen molar-refractivity contribution >= 4 is 28.4 Å². The third kappa shape index (κ3) is 4.61. The standard InChI is InChI=1S/C31H38N4O5/c1-4-31(2)21-13-20-19-6-5-7-22(33-26(38)16-39-15-25(32)37)28(19)34-30(20)40-29-24(36)11-10-18(27(29)31)12-23(21)35(3)14-17-8-9-17/h5-7,10-11,17,21,23,34,36H,4,8-9,12-16H2,1-3H3,(H2,32,37)(H,33,38). The highest BCUT2D eigenvalue weighted by Gasteiger charge is 2.50. The van der Waals surface area contributed by atoms with Gasteiger partial charge in [0.1, 0.15) is 13.2 Å². The highest BCUT2D eigenvalue weighted by molar-refractivity contribution is 6.03. The molecule has 212 valence electrons. The number of fused-ring (bicyclic) bond motifs is 4. The van der Waals surface area contributed by atoms with Gasteiger partial charge in [0.15, 0.2) is 11.5 Å². The third-order valence-electron chi connectivity index (χ3n) is 9.33. The third-order valence-corrected chi connectivity index (χ3v) is 9.33. The van der Waals surface area contributed by atoms with Crippen molar-refractivity contribution in [3.8, 4) is 17.4 Å². The van der Waals surface area contributed by atoms with Crippen molar-refractivity contribution in [3.05, 3.63) is 47.0 Å². The van der Waals surface area contributed by atoms with Crippen LogP contribution in [0.15, 0.2) is 30.3 Å². The van der Waals surface area contributed by atoms with Crippen molar-refractivity contribution in [2.75, 3.05) is 32.1 Å². The number of primary amides is 1. The number of nitrogens with one attached hydrogen (secondary N) is 2. The number of ether oxygens (including phenoxy) is 2. The van der Waals surface area contributed by atoms with Crippen molar-refractivity contribution < 1.29 is 24.2 Å². The average Bonchev–Trinajstić information content (AvgIpc) is 3.66. The molecule has 3 atom stereocenters. The number of rotatable bonds is 9. The number of amides is 2. The number of nitrogens with zero attached hydrogens (tertiary/aromatic N) is 1. The minimum Gasteiger partial charge on any atom is -0.504 e. The largest absolute Gasteiger partial charge is 0.504 e. The summed E-state index contributed by atoms with van der Waals surface area (Å²) in [6.07, 6.45) is 5.25. The van der Waals surface area contributed by atoms with Crippen LogP contribution < -0.4 is 15.8 Å². The van der Waals surface area contributed by atoms with Crippen molar-refractivity contribution in [1.82, 2.24) is 9.88 Å². The van der Waals surface area contributed by atoms with Gasteiger partial charge in [0.05, 0.1) is 11.2 Å². The van der Waals surface area contributed by atoms with Crippen LogP contribution in [0.2, 0.25) is 0 Å². The Balaban J connectivity index is 1.44. The van der Waals surface area contributed by atoms with Crippen LogP contribution in [0, 0.1) is 11.8 Å². The summed E-state index contributed by atoms with van der Waals surface area (Å²) >= 11 is 0. The normalized spacial score (nSPS) is 23.3. The van der Waals surface area contributed by atoms with Gasteiger partial charge in [0, 0.05) is 34.5 Å². The molecule has 2 bridgehead atoms. The topological polar surface area (TPSA) is 130 Å². The van der Waals surface area contributed by atoms with Crippen LogP contribution in [-0.2, 0) is 32.6 Å². The van der Waals surface area contributed by atoms with E-state index in [2.05, 4.69) is 42.2 Å². The van der Waals surface area contributed by atoms with Crippen molar-refractivity contribution in [3.63, 3.8) is 0 Å². The number of aromatic amines is 1. The van der Waals surface area contributed by atoms with E-state index >= 15 is 0 Å². The number of likely N-dealkylation sites (N-methyl/N-ethyl adjacent to an activating group) is 1. The average molecular weight is 547 g/mol. The van der Waals surface area contributed by atoms with Crippen LogP contribution in [0.3, 0.4) is 0 Å². The maximum atomic E-state index is 12.6. The zero-order valence-corrected chi connectivity index (χ0v) is 23.4. The maximum absolute atomic E-state index is 12.6. The predicted octanol–water partition coefficient (Wildman–Crippen LogP) is 4.21. The number of anilines is 1. The SMILES string of the molecule is CCC1(C)c2c3ccc(O)c2Oc2[nH]c4c(NC(=O)COCC(N)=O)cccc4c2CC1C(N(C)CC1CC1)C3. The molecule has 1 aromatic heterocycles. The summed E-state index contributed by atoms with van der Waals surface area (Å²) in [6, 6.07) is 9.94. The van der Waals surface area contributed by atoms with Crippen LogP contribution in [0.1, 0.15) is 49.8 Å². The molecular formula is C31H38N4O5. The fraction of sp³-hybridized carbons (Fsp3) is 0.484. The summed E-state index contributed by atoms with van der Waals surface area (Å²) in [6.45, 7) is 5.07. The number of hydrogen-bond acceptors (Lipinski definition) is 6. The van der Waals surface area contributed by atoms with Gasteiger partial charge in [-0.25, -0.2) is 0 Å². The number of H-pyrrole nitrogens is 1. The minimum absolute atomic E-state index is 0.133. The Morgan fingerprint density at radius 2 is 2.02 bits per heavy atom. The van der Waals surface area contributed by atoms with Crippen LogP contribution in [0.25, 0.3) is 10.9 Å². The molecule has 0 radical (unpaired) electrons. The molecular weight excluding hydrogens is 508 g/mol. The number of nitrogens with two attached hydrogens (primary N) is 1. The van der Waals surface area contributed by atoms with E-state index in [-0.39, 0.29) is 36.2 Å². The van der Waals surface area contributed by atoms with Crippen LogP contribution >= 0.6 is 0 Å². The number of hydrogen-bond donors (Lipinski definition) is 4. The van der Waals surface area contributed by atoms with Gasteiger partial charge in [-0.2, -0.15) is 0 Å². The van der Waals surface area contributed by atoms with Crippen molar-refractivity contribution in [2.45, 2.75) is 57.4 Å². The minimum atomic E-state index is -0.630. The van der Waals surface area contributed by atoms with Crippen LogP contribution in [-0.4, -0.2) is 59.7 Å². The highest BCUT2D eigenvalue weighted by atomic mass is 16.5. The molecule has 1 aliphatic heterocycles. The highest BCUT2D eigenvalue weighted by Crippen LogP contribution is 2.56. The van der Waals surface area contributed by atoms with Gasteiger partial charge in [-0.15, -0.1) is 0 Å². The number of aromatic nitrogens is 1. The second-order valence-electron chi connectivity index (χ2n) is 12.0. The quantitative estimate of drug-likeness (QED) is 0.318. The number of carbonyl (C=O) groups excluding carboxylic acids is 2. The van der Waals surface area contributed by atoms with Gasteiger partial charge in [0.25, 0.3) is 0 Å². The lowest BCUT2D eigenvalue weighted by Gasteiger charge is -2.51. The fourth-order valence-corrected chi connectivity index (χ4v) is 6.99. The van der Waals surface area contributed by atoms with E-state index < -0.39 is 5.91 Å². The van der Waals surface area contributed by atoms with E-state index in [0.717, 1.165) is 53.8 Å². The summed E-state index contributed by atoms with van der Waals surface area (Å²) in [7, 11) is 2.27. The smallest absolute Gasteiger partial charge is 0.250 e. The molecule has 6 rings (SSSR count). The lowest BCUT2D eigenvalue weighted by atomic mass is 9.58. The number of para-hydroxylation sites is 1. The van der Waals surface area contributed by atoms with Crippen molar-refractivity contribution in [1.29, 1.82) is 0 Å². The Bertz CT molecular complexity index is 1480. The molecule has 1 saturated carbocycles. The van der Waals surface area contributed by atoms with Gasteiger partial charge < -0.3 is 35.5 Å². The van der Waals surface area contributed by atoms with Gasteiger partial charge in [-0.05, 0) is 68.7 Å². The zero-order chi connectivity index (χ0) is 28.2. The Morgan fingerprint density at radius 1 is 1.23 bits per heavy atom. The number of benzene rings is 2. The molecule has 3 aliphatic rings. The molecule has 2 heterocycles. The molecule has 40 heavy (non-hydrogen) atoms. The lowest BCUT2D eigenvalue weighted by Crippen LogP contribution is -2.53. The van der Waals surface area contributed by atoms with Gasteiger partial charge in [-0.3, -0.25) is 9.59 Å². The maximum Gasteiger partial charge on any atom is 0.250 e. The molecule has 2 amide bonds. The molecule has 5 N–H and O–H groups in total. The van der Waals surface area contributed by atoms with E-state index in [0.29, 0.717) is 23.4 Å². The Kier molecular flexibility index (Phi) is 6.74. The Morgan fingerprint density at radius 3 is 2.75 bits per heavy atom. The van der Waals surface area contributed by atoms with Gasteiger partial charge >= 0.3 is 0 Å². The number of phenolic OH excluding ortho intramolecular Hbond substituents is 1. The predicted molar refractivity (Wildman–Crippen MR) is 153 cm³/mol. The first kappa shape index (κ1) is 26.7. The monoisotopic (exact) mass is 546 g/mol. The summed E-state index contributed by atoms with van der Waals surface area (Å²) in [5, 5.41) is 14.9. The van der Waals surface area contributed by atoms with E-state index in [4.69, 9.17) is 15.2 Å². The molecule has 3 aromatic rings. The summed E-state index contributed by atoms with van der Waals surface area (Å²) in [5.74, 6) is 1.30. The van der Waals surface area contributed by atoms with Crippen LogP contribution in [0.5, 0.6) is 17.4 Å². The van der Waals surface area contributed by atoms with Crippen molar-refractivity contribution in [2.24, 2.45) is 17.6 Å². The summed E-state index contributed by atoms with van der Waals surface area (Å²) in [5.41, 5.74) is 9.64. The first-order valence-corrected chi connectivity index (χ1v) is 14.2. The molecule has 0 spiro atoms. The van der Waals surface area contributed by atoms with Crippen LogP contribution in [0.4, 0.5) is 5.69 Å². The summed E-state index contributed by atoms with van der Waals surface area (Å²) in [4.78, 5) is 29.5. The second kappa shape index (κ2) is 10.1. The molecule has 2 aromatic carbocycles. The number of carbonyl (C=O) groups is 2. The lowest BCUT2D eigenvalue weighted by molar-refractivity contribution is -0.126. The van der Waals surface area contributed by atoms with E-state index in [1.807, 2.05) is 18.2 Å². The Labute approximate surface area is 234 Å². The first-order valence-electron chi connectivity index (χ1n) is 14.2. The molecule has 3 unspecified atom stereocenters. The van der Waals surface area contributed by atoms with Gasteiger partial charge in [-0.1, -0.05) is 32.0 Å². The molecule has 9 heteroatoms. The zero-order valence-electron chi connectivity index (χ0n) is 23.4. The fourth-order valence-electron chi connectivity index (χ4n) is 6.99. The first-order chi connectivity index (χ1) is 19.2.